The van der Waals surface area contributed by atoms with E-state index in [0.29, 0.717) is 47.4 Å². The van der Waals surface area contributed by atoms with Crippen molar-refractivity contribution >= 4 is 23.2 Å². The molecule has 2 rings (SSSR count). The number of hydrogen-bond acceptors (Lipinski definition) is 5. The zero-order valence-electron chi connectivity index (χ0n) is 15.0. The topological polar surface area (TPSA) is 77.2 Å². The number of carbonyl (C=O) groups excluding carboxylic acids is 1. The molecular formula is C18H24ClN3O3. The SMILES string of the molecule is CC(C)Oc1ccc(NC(=O)CCCc2nc(C(C)C)no2)cc1Cl. The average Bonchev–Trinajstić information content (AvgIpc) is 2.99. The molecule has 0 atom stereocenters. The second-order valence-corrected chi connectivity index (χ2v) is 6.82. The highest BCUT2D eigenvalue weighted by Crippen LogP contribution is 2.28. The monoisotopic (exact) mass is 365 g/mol. The average molecular weight is 366 g/mol. The van der Waals surface area contributed by atoms with E-state index < -0.39 is 0 Å². The van der Waals surface area contributed by atoms with Crippen molar-refractivity contribution in [2.45, 2.75) is 59.0 Å². The minimum absolute atomic E-state index is 0.0406. The summed E-state index contributed by atoms with van der Waals surface area (Å²) >= 11 is 6.17. The van der Waals surface area contributed by atoms with Crippen LogP contribution in [0.25, 0.3) is 0 Å². The Balaban J connectivity index is 1.80. The van der Waals surface area contributed by atoms with Gasteiger partial charge >= 0.3 is 0 Å². The molecule has 1 amide bonds. The van der Waals surface area contributed by atoms with E-state index in [2.05, 4.69) is 15.5 Å². The molecule has 1 aromatic heterocycles. The van der Waals surface area contributed by atoms with Crippen molar-refractivity contribution < 1.29 is 14.1 Å². The van der Waals surface area contributed by atoms with Crippen molar-refractivity contribution in [2.75, 3.05) is 5.32 Å². The third kappa shape index (κ3) is 6.05. The molecule has 7 heteroatoms. The molecule has 0 aliphatic heterocycles. The molecular weight excluding hydrogens is 342 g/mol. The summed E-state index contributed by atoms with van der Waals surface area (Å²) in [5, 5.41) is 7.20. The van der Waals surface area contributed by atoms with Gasteiger partial charge in [0.15, 0.2) is 5.82 Å². The number of nitrogens with zero attached hydrogens (tertiary/aromatic N) is 2. The highest BCUT2D eigenvalue weighted by Gasteiger charge is 2.11. The Kier molecular flexibility index (Phi) is 6.82. The number of anilines is 1. The Labute approximate surface area is 152 Å². The van der Waals surface area contributed by atoms with Crippen molar-refractivity contribution in [3.05, 3.63) is 34.9 Å². The largest absolute Gasteiger partial charge is 0.489 e. The Morgan fingerprint density at radius 2 is 2.08 bits per heavy atom. The second-order valence-electron chi connectivity index (χ2n) is 6.41. The number of aromatic nitrogens is 2. The van der Waals surface area contributed by atoms with Crippen LogP contribution in [0, 0.1) is 0 Å². The van der Waals surface area contributed by atoms with Gasteiger partial charge in [-0.05, 0) is 38.5 Å². The van der Waals surface area contributed by atoms with Gasteiger partial charge in [-0.2, -0.15) is 4.98 Å². The van der Waals surface area contributed by atoms with Gasteiger partial charge in [-0.1, -0.05) is 30.6 Å². The number of aryl methyl sites for hydroxylation is 1. The van der Waals surface area contributed by atoms with Crippen LogP contribution in [0.1, 0.15) is 58.2 Å². The molecule has 1 aromatic carbocycles. The maximum absolute atomic E-state index is 12.0. The molecule has 1 heterocycles. The summed E-state index contributed by atoms with van der Waals surface area (Å²) in [5.74, 6) is 2.00. The van der Waals surface area contributed by atoms with Crippen LogP contribution in [0.5, 0.6) is 5.75 Å². The second kappa shape index (κ2) is 8.85. The molecule has 0 bridgehead atoms. The van der Waals surface area contributed by atoms with Crippen molar-refractivity contribution in [1.82, 2.24) is 10.1 Å². The van der Waals surface area contributed by atoms with Gasteiger partial charge in [0.25, 0.3) is 0 Å². The molecule has 2 aromatic rings. The van der Waals surface area contributed by atoms with E-state index in [-0.39, 0.29) is 17.9 Å². The Morgan fingerprint density at radius 1 is 1.32 bits per heavy atom. The fraction of sp³-hybridized carbons (Fsp3) is 0.500. The number of hydrogen-bond donors (Lipinski definition) is 1. The zero-order chi connectivity index (χ0) is 18.4. The molecule has 0 spiro atoms. The van der Waals surface area contributed by atoms with E-state index >= 15 is 0 Å². The molecule has 0 unspecified atom stereocenters. The standard InChI is InChI=1S/C18H24ClN3O3/c1-11(2)18-21-17(25-22-18)7-5-6-16(23)20-13-8-9-15(14(19)10-13)24-12(3)4/h8-12H,5-7H2,1-4H3,(H,20,23). The highest BCUT2D eigenvalue weighted by atomic mass is 35.5. The first-order valence-corrected chi connectivity index (χ1v) is 8.81. The van der Waals surface area contributed by atoms with Crippen LogP contribution in [-0.2, 0) is 11.2 Å². The van der Waals surface area contributed by atoms with E-state index in [0.717, 1.165) is 0 Å². The molecule has 0 saturated heterocycles. The summed E-state index contributed by atoms with van der Waals surface area (Å²) < 4.78 is 10.7. The summed E-state index contributed by atoms with van der Waals surface area (Å²) in [6.45, 7) is 7.87. The van der Waals surface area contributed by atoms with Crippen molar-refractivity contribution in [2.24, 2.45) is 0 Å². The molecule has 0 aliphatic rings. The van der Waals surface area contributed by atoms with Gasteiger partial charge < -0.3 is 14.6 Å². The molecule has 0 aliphatic carbocycles. The van der Waals surface area contributed by atoms with Crippen LogP contribution >= 0.6 is 11.6 Å². The Morgan fingerprint density at radius 3 is 2.68 bits per heavy atom. The molecule has 136 valence electrons. The number of benzene rings is 1. The molecule has 0 fully saturated rings. The first kappa shape index (κ1) is 19.2. The first-order valence-electron chi connectivity index (χ1n) is 8.43. The van der Waals surface area contributed by atoms with Gasteiger partial charge in [-0.3, -0.25) is 4.79 Å². The van der Waals surface area contributed by atoms with Crippen molar-refractivity contribution in [1.29, 1.82) is 0 Å². The minimum Gasteiger partial charge on any atom is -0.489 e. The number of carbonyl (C=O) groups is 1. The molecule has 1 N–H and O–H groups in total. The summed E-state index contributed by atoms with van der Waals surface area (Å²) in [7, 11) is 0. The van der Waals surface area contributed by atoms with E-state index in [9.17, 15) is 4.79 Å². The van der Waals surface area contributed by atoms with Crippen LogP contribution < -0.4 is 10.1 Å². The first-order chi connectivity index (χ1) is 11.8. The third-order valence-electron chi connectivity index (χ3n) is 3.37. The van der Waals surface area contributed by atoms with Gasteiger partial charge in [0, 0.05) is 24.4 Å². The number of nitrogens with one attached hydrogen (secondary N) is 1. The van der Waals surface area contributed by atoms with E-state index in [4.69, 9.17) is 20.9 Å². The highest BCUT2D eigenvalue weighted by molar-refractivity contribution is 6.32. The number of halogens is 1. The molecule has 25 heavy (non-hydrogen) atoms. The van der Waals surface area contributed by atoms with Crippen LogP contribution in [0.15, 0.2) is 22.7 Å². The van der Waals surface area contributed by atoms with Gasteiger partial charge in [0.1, 0.15) is 5.75 Å². The summed E-state index contributed by atoms with van der Waals surface area (Å²) in [5.41, 5.74) is 0.644. The normalized spacial score (nSPS) is 11.2. The fourth-order valence-corrected chi connectivity index (χ4v) is 2.38. The fourth-order valence-electron chi connectivity index (χ4n) is 2.16. The maximum Gasteiger partial charge on any atom is 0.226 e. The molecule has 0 saturated carbocycles. The number of ether oxygens (including phenoxy) is 1. The van der Waals surface area contributed by atoms with Crippen LogP contribution in [-0.4, -0.2) is 22.2 Å². The zero-order valence-corrected chi connectivity index (χ0v) is 15.8. The lowest BCUT2D eigenvalue weighted by atomic mass is 10.2. The van der Waals surface area contributed by atoms with Crippen molar-refractivity contribution in [3.63, 3.8) is 0 Å². The van der Waals surface area contributed by atoms with Crippen LogP contribution in [0.2, 0.25) is 5.02 Å². The summed E-state index contributed by atoms with van der Waals surface area (Å²) in [6, 6.07) is 5.21. The Bertz CT molecular complexity index is 713. The van der Waals surface area contributed by atoms with Crippen LogP contribution in [0.4, 0.5) is 5.69 Å². The Hall–Kier alpha value is -2.08. The lowest BCUT2D eigenvalue weighted by Gasteiger charge is -2.12. The lowest BCUT2D eigenvalue weighted by Crippen LogP contribution is -2.12. The van der Waals surface area contributed by atoms with Crippen molar-refractivity contribution in [3.8, 4) is 5.75 Å². The number of rotatable bonds is 8. The number of amides is 1. The third-order valence-corrected chi connectivity index (χ3v) is 3.67. The van der Waals surface area contributed by atoms with Gasteiger partial charge in [-0.25, -0.2) is 0 Å². The summed E-state index contributed by atoms with van der Waals surface area (Å²) in [4.78, 5) is 16.3. The predicted octanol–water partition coefficient (Wildman–Crippen LogP) is 4.60. The smallest absolute Gasteiger partial charge is 0.226 e. The van der Waals surface area contributed by atoms with E-state index in [1.54, 1.807) is 18.2 Å². The maximum atomic E-state index is 12.0. The quantitative estimate of drug-likeness (QED) is 0.739. The van der Waals surface area contributed by atoms with E-state index in [1.807, 2.05) is 27.7 Å². The van der Waals surface area contributed by atoms with Gasteiger partial charge in [0.2, 0.25) is 11.8 Å². The molecule has 0 radical (unpaired) electrons. The summed E-state index contributed by atoms with van der Waals surface area (Å²) in [6.07, 6.45) is 1.61. The van der Waals surface area contributed by atoms with Gasteiger partial charge in [0.05, 0.1) is 11.1 Å². The minimum atomic E-state index is -0.0859. The van der Waals surface area contributed by atoms with E-state index in [1.165, 1.54) is 0 Å². The lowest BCUT2D eigenvalue weighted by molar-refractivity contribution is -0.116. The molecule has 6 nitrogen and oxygen atoms in total. The predicted molar refractivity (Wildman–Crippen MR) is 97.2 cm³/mol. The van der Waals surface area contributed by atoms with Crippen LogP contribution in [0.3, 0.4) is 0 Å². The van der Waals surface area contributed by atoms with Gasteiger partial charge in [-0.15, -0.1) is 0 Å².